The number of amides is 1. The first-order chi connectivity index (χ1) is 9.99. The first-order valence-corrected chi connectivity index (χ1v) is 7.12. The van der Waals surface area contributed by atoms with E-state index in [2.05, 4.69) is 10.6 Å². The Hall–Kier alpha value is -2.02. The lowest BCUT2D eigenvalue weighted by Gasteiger charge is -2.20. The summed E-state index contributed by atoms with van der Waals surface area (Å²) in [7, 11) is 0. The number of carbonyl (C=O) groups is 1. The second kappa shape index (κ2) is 6.83. The molecule has 0 atom stereocenters. The van der Waals surface area contributed by atoms with Gasteiger partial charge in [0.2, 0.25) is 0 Å². The summed E-state index contributed by atoms with van der Waals surface area (Å²) >= 11 is 6.02. The van der Waals surface area contributed by atoms with Crippen molar-refractivity contribution in [3.05, 3.63) is 27.3 Å². The SMILES string of the molecule is CC(C)Nc1cc(NC(=O)OC(C)(C)C)c([N+](=O)[O-])cc1Cl. The topological polar surface area (TPSA) is 93.5 Å². The number of benzene rings is 1. The summed E-state index contributed by atoms with van der Waals surface area (Å²) in [5, 5.41) is 16.8. The zero-order chi connectivity index (χ0) is 17.1. The van der Waals surface area contributed by atoms with Crippen molar-refractivity contribution in [3.63, 3.8) is 0 Å². The first kappa shape index (κ1) is 18.0. The second-order valence-electron chi connectivity index (χ2n) is 6.03. The molecule has 0 saturated heterocycles. The van der Waals surface area contributed by atoms with Crippen LogP contribution in [0.5, 0.6) is 0 Å². The highest BCUT2D eigenvalue weighted by Gasteiger charge is 2.22. The van der Waals surface area contributed by atoms with Crippen LogP contribution in [-0.4, -0.2) is 22.7 Å². The van der Waals surface area contributed by atoms with E-state index in [1.165, 1.54) is 12.1 Å². The van der Waals surface area contributed by atoms with Gasteiger partial charge in [0, 0.05) is 12.1 Å². The molecule has 0 bridgehead atoms. The minimum absolute atomic E-state index is 0.0202. The number of hydrogen-bond donors (Lipinski definition) is 2. The number of anilines is 2. The van der Waals surface area contributed by atoms with E-state index in [-0.39, 0.29) is 22.4 Å². The summed E-state index contributed by atoms with van der Waals surface area (Å²) in [6.45, 7) is 8.91. The summed E-state index contributed by atoms with van der Waals surface area (Å²) in [6, 6.07) is 2.69. The Balaban J connectivity index is 3.14. The number of hydrogen-bond acceptors (Lipinski definition) is 5. The normalized spacial score (nSPS) is 11.2. The standard InChI is InChI=1S/C14H20ClN3O4/c1-8(2)16-10-7-11(12(18(20)21)6-9(10)15)17-13(19)22-14(3,4)5/h6-8,16H,1-5H3,(H,17,19). The molecule has 122 valence electrons. The monoisotopic (exact) mass is 329 g/mol. The van der Waals surface area contributed by atoms with Gasteiger partial charge in [-0.25, -0.2) is 4.79 Å². The maximum absolute atomic E-state index is 11.8. The van der Waals surface area contributed by atoms with E-state index >= 15 is 0 Å². The fourth-order valence-electron chi connectivity index (χ4n) is 1.65. The van der Waals surface area contributed by atoms with Crippen LogP contribution in [0.2, 0.25) is 5.02 Å². The molecule has 22 heavy (non-hydrogen) atoms. The molecule has 0 unspecified atom stereocenters. The van der Waals surface area contributed by atoms with Crippen LogP contribution in [-0.2, 0) is 4.74 Å². The lowest BCUT2D eigenvalue weighted by Crippen LogP contribution is -2.27. The number of carbonyl (C=O) groups excluding carboxylic acids is 1. The van der Waals surface area contributed by atoms with Gasteiger partial charge in [0.1, 0.15) is 11.3 Å². The van der Waals surface area contributed by atoms with Crippen LogP contribution in [0.3, 0.4) is 0 Å². The van der Waals surface area contributed by atoms with Crippen LogP contribution in [0.25, 0.3) is 0 Å². The molecule has 0 aliphatic heterocycles. The molecule has 1 aromatic carbocycles. The average Bonchev–Trinajstić information content (AvgIpc) is 2.29. The molecule has 2 N–H and O–H groups in total. The molecule has 0 aromatic heterocycles. The molecule has 0 spiro atoms. The highest BCUT2D eigenvalue weighted by atomic mass is 35.5. The molecule has 1 amide bonds. The van der Waals surface area contributed by atoms with Gasteiger partial charge in [-0.2, -0.15) is 0 Å². The Morgan fingerprint density at radius 1 is 1.32 bits per heavy atom. The van der Waals surface area contributed by atoms with E-state index < -0.39 is 16.6 Å². The van der Waals surface area contributed by atoms with Crippen LogP contribution in [0.1, 0.15) is 34.6 Å². The number of ether oxygens (including phenoxy) is 1. The highest BCUT2D eigenvalue weighted by Crippen LogP contribution is 2.35. The number of rotatable bonds is 4. The molecule has 7 nitrogen and oxygen atoms in total. The zero-order valence-electron chi connectivity index (χ0n) is 13.2. The molecule has 1 aromatic rings. The van der Waals surface area contributed by atoms with Crippen molar-refractivity contribution in [2.24, 2.45) is 0 Å². The molecule has 0 saturated carbocycles. The van der Waals surface area contributed by atoms with Gasteiger partial charge in [-0.3, -0.25) is 15.4 Å². The molecule has 1 rings (SSSR count). The van der Waals surface area contributed by atoms with Crippen molar-refractivity contribution in [3.8, 4) is 0 Å². The van der Waals surface area contributed by atoms with Crippen LogP contribution in [0.15, 0.2) is 12.1 Å². The van der Waals surface area contributed by atoms with Crippen LogP contribution < -0.4 is 10.6 Å². The summed E-state index contributed by atoms with van der Waals surface area (Å²) in [5.41, 5.74) is -0.491. The molecule has 0 fully saturated rings. The molecular weight excluding hydrogens is 310 g/mol. The fraction of sp³-hybridized carbons (Fsp3) is 0.500. The zero-order valence-corrected chi connectivity index (χ0v) is 13.9. The minimum atomic E-state index is -0.770. The van der Waals surface area contributed by atoms with Crippen molar-refractivity contribution in [2.45, 2.75) is 46.3 Å². The van der Waals surface area contributed by atoms with Gasteiger partial charge in [-0.1, -0.05) is 11.6 Å². The molecular formula is C14H20ClN3O4. The molecule has 0 radical (unpaired) electrons. The fourth-order valence-corrected chi connectivity index (χ4v) is 1.86. The summed E-state index contributed by atoms with van der Waals surface area (Å²) in [4.78, 5) is 22.3. The molecule has 8 heteroatoms. The van der Waals surface area contributed by atoms with E-state index in [0.717, 1.165) is 0 Å². The maximum atomic E-state index is 11.8. The minimum Gasteiger partial charge on any atom is -0.444 e. The van der Waals surface area contributed by atoms with E-state index in [9.17, 15) is 14.9 Å². The van der Waals surface area contributed by atoms with Crippen molar-refractivity contribution in [1.82, 2.24) is 0 Å². The summed E-state index contributed by atoms with van der Waals surface area (Å²) < 4.78 is 5.10. The highest BCUT2D eigenvalue weighted by molar-refractivity contribution is 6.33. The quantitative estimate of drug-likeness (QED) is 0.630. The van der Waals surface area contributed by atoms with Crippen LogP contribution >= 0.6 is 11.6 Å². The Kier molecular flexibility index (Phi) is 5.59. The Morgan fingerprint density at radius 3 is 2.36 bits per heavy atom. The van der Waals surface area contributed by atoms with Crippen molar-refractivity contribution in [2.75, 3.05) is 10.6 Å². The van der Waals surface area contributed by atoms with Crippen molar-refractivity contribution >= 4 is 34.8 Å². The smallest absolute Gasteiger partial charge is 0.412 e. The predicted octanol–water partition coefficient (Wildman–Crippen LogP) is 4.42. The number of nitro groups is 1. The Morgan fingerprint density at radius 2 is 1.91 bits per heavy atom. The number of halogens is 1. The predicted molar refractivity (Wildman–Crippen MR) is 86.7 cm³/mol. The van der Waals surface area contributed by atoms with Gasteiger partial charge in [-0.15, -0.1) is 0 Å². The van der Waals surface area contributed by atoms with Gasteiger partial charge in [0.15, 0.2) is 0 Å². The number of nitro benzene ring substituents is 1. The third-order valence-corrected chi connectivity index (χ3v) is 2.67. The van der Waals surface area contributed by atoms with E-state index in [0.29, 0.717) is 5.69 Å². The van der Waals surface area contributed by atoms with Gasteiger partial charge >= 0.3 is 6.09 Å². The number of nitrogens with zero attached hydrogens (tertiary/aromatic N) is 1. The summed E-state index contributed by atoms with van der Waals surface area (Å²) in [5.74, 6) is 0. The third-order valence-electron chi connectivity index (χ3n) is 2.36. The van der Waals surface area contributed by atoms with E-state index in [1.54, 1.807) is 20.8 Å². The third kappa shape index (κ3) is 5.40. The van der Waals surface area contributed by atoms with E-state index in [4.69, 9.17) is 16.3 Å². The van der Waals surface area contributed by atoms with Gasteiger partial charge in [0.25, 0.3) is 5.69 Å². The van der Waals surface area contributed by atoms with Crippen molar-refractivity contribution in [1.29, 1.82) is 0 Å². The van der Waals surface area contributed by atoms with Crippen molar-refractivity contribution < 1.29 is 14.5 Å². The van der Waals surface area contributed by atoms with Crippen LogP contribution in [0.4, 0.5) is 21.9 Å². The molecule has 0 aliphatic carbocycles. The largest absolute Gasteiger partial charge is 0.444 e. The van der Waals surface area contributed by atoms with Gasteiger partial charge in [-0.05, 0) is 40.7 Å². The van der Waals surface area contributed by atoms with Gasteiger partial charge in [0.05, 0.1) is 15.6 Å². The first-order valence-electron chi connectivity index (χ1n) is 6.74. The lowest BCUT2D eigenvalue weighted by molar-refractivity contribution is -0.383. The average molecular weight is 330 g/mol. The maximum Gasteiger partial charge on any atom is 0.412 e. The molecule has 0 heterocycles. The lowest BCUT2D eigenvalue weighted by atomic mass is 10.2. The van der Waals surface area contributed by atoms with Crippen LogP contribution in [0, 0.1) is 10.1 Å². The Labute approximate surface area is 134 Å². The molecule has 0 aliphatic rings. The van der Waals surface area contributed by atoms with Gasteiger partial charge < -0.3 is 10.1 Å². The number of nitrogens with one attached hydrogen (secondary N) is 2. The second-order valence-corrected chi connectivity index (χ2v) is 6.44. The Bertz CT molecular complexity index is 582. The van der Waals surface area contributed by atoms with E-state index in [1.807, 2.05) is 13.8 Å². The summed E-state index contributed by atoms with van der Waals surface area (Å²) in [6.07, 6.45) is -0.770.